The number of halogens is 1. The highest BCUT2D eigenvalue weighted by atomic mass is 19.1. The first-order valence-corrected chi connectivity index (χ1v) is 13.2. The Labute approximate surface area is 222 Å². The Kier molecular flexibility index (Phi) is 7.79. The minimum Gasteiger partial charge on any atom is -0.493 e. The second kappa shape index (κ2) is 11.4. The molecule has 1 atom stereocenters. The molecule has 0 bridgehead atoms. The predicted molar refractivity (Wildman–Crippen MR) is 142 cm³/mol. The zero-order valence-electron chi connectivity index (χ0n) is 21.8. The van der Waals surface area contributed by atoms with Gasteiger partial charge in [-0.25, -0.2) is 4.39 Å². The van der Waals surface area contributed by atoms with E-state index in [0.29, 0.717) is 50.5 Å². The van der Waals surface area contributed by atoms with Gasteiger partial charge in [-0.2, -0.15) is 0 Å². The number of para-hydroxylation sites is 1. The average Bonchev–Trinajstić information content (AvgIpc) is 3.43. The van der Waals surface area contributed by atoms with Crippen molar-refractivity contribution in [2.75, 3.05) is 52.9 Å². The maximum atomic E-state index is 14.3. The van der Waals surface area contributed by atoms with Gasteiger partial charge in [0.2, 0.25) is 5.91 Å². The molecule has 38 heavy (non-hydrogen) atoms. The molecule has 0 spiro atoms. The lowest BCUT2D eigenvalue weighted by Crippen LogP contribution is -2.53. The van der Waals surface area contributed by atoms with Gasteiger partial charge in [0.05, 0.1) is 12.2 Å². The fourth-order valence-electron chi connectivity index (χ4n) is 5.35. The van der Waals surface area contributed by atoms with Crippen LogP contribution in [0.25, 0.3) is 11.3 Å². The lowest BCUT2D eigenvalue weighted by Gasteiger charge is -2.43. The third-order valence-electron chi connectivity index (χ3n) is 7.58. The Bertz CT molecular complexity index is 1260. The molecule has 0 aliphatic carbocycles. The zero-order chi connectivity index (χ0) is 26.5. The first kappa shape index (κ1) is 26.0. The molecule has 2 saturated heterocycles. The highest BCUT2D eigenvalue weighted by Gasteiger charge is 2.41. The molecule has 0 N–H and O–H groups in total. The summed E-state index contributed by atoms with van der Waals surface area (Å²) in [4.78, 5) is 32.8. The lowest BCUT2D eigenvalue weighted by molar-refractivity contribution is -0.137. The van der Waals surface area contributed by atoms with Crippen molar-refractivity contribution in [2.24, 2.45) is 5.41 Å². The number of carbonyl (C=O) groups is 2. The van der Waals surface area contributed by atoms with Crippen LogP contribution in [0.3, 0.4) is 0 Å². The van der Waals surface area contributed by atoms with Gasteiger partial charge in [-0.1, -0.05) is 30.3 Å². The normalized spacial score (nSPS) is 20.4. The van der Waals surface area contributed by atoms with Crippen molar-refractivity contribution in [3.05, 3.63) is 78.3 Å². The topological polar surface area (TPSA) is 66.2 Å². The van der Waals surface area contributed by atoms with Gasteiger partial charge in [-0.05, 0) is 56.3 Å². The molecular formula is C30H34FN3O4. The molecule has 2 aliphatic rings. The van der Waals surface area contributed by atoms with Crippen LogP contribution >= 0.6 is 0 Å². The number of piperidine rings is 1. The van der Waals surface area contributed by atoms with Crippen LogP contribution in [0.4, 0.5) is 4.39 Å². The number of rotatable bonds is 7. The quantitative estimate of drug-likeness (QED) is 0.458. The molecule has 1 aromatic heterocycles. The van der Waals surface area contributed by atoms with Crippen LogP contribution in [0.5, 0.6) is 5.75 Å². The highest BCUT2D eigenvalue weighted by molar-refractivity contribution is 5.92. The predicted octanol–water partition coefficient (Wildman–Crippen LogP) is 4.55. The summed E-state index contributed by atoms with van der Waals surface area (Å²) >= 11 is 0. The third kappa shape index (κ3) is 5.91. The first-order valence-electron chi connectivity index (χ1n) is 13.2. The maximum absolute atomic E-state index is 14.3. The Morgan fingerprint density at radius 2 is 1.66 bits per heavy atom. The van der Waals surface area contributed by atoms with E-state index in [2.05, 4.69) is 11.9 Å². The smallest absolute Gasteiger partial charge is 0.289 e. The van der Waals surface area contributed by atoms with E-state index in [4.69, 9.17) is 9.15 Å². The van der Waals surface area contributed by atoms with E-state index in [0.717, 1.165) is 31.7 Å². The average molecular weight is 520 g/mol. The second-order valence-corrected chi connectivity index (χ2v) is 10.4. The summed E-state index contributed by atoms with van der Waals surface area (Å²) < 4.78 is 26.2. The molecule has 0 saturated carbocycles. The number of furan rings is 1. The van der Waals surface area contributed by atoms with E-state index < -0.39 is 11.2 Å². The number of carbonyl (C=O) groups excluding carboxylic acids is 2. The van der Waals surface area contributed by atoms with E-state index in [1.165, 1.54) is 6.07 Å². The number of hydrogen-bond donors (Lipinski definition) is 0. The van der Waals surface area contributed by atoms with E-state index in [9.17, 15) is 14.0 Å². The Balaban J connectivity index is 1.34. The van der Waals surface area contributed by atoms with Crippen LogP contribution in [-0.2, 0) is 4.79 Å². The van der Waals surface area contributed by atoms with Gasteiger partial charge in [0.15, 0.2) is 5.76 Å². The molecule has 3 aromatic rings. The summed E-state index contributed by atoms with van der Waals surface area (Å²) in [5, 5.41) is 0. The lowest BCUT2D eigenvalue weighted by atomic mass is 9.77. The Hall–Kier alpha value is -3.65. The number of likely N-dealkylation sites (tertiary alicyclic amines) is 1. The van der Waals surface area contributed by atoms with Gasteiger partial charge < -0.3 is 23.9 Å². The monoisotopic (exact) mass is 519 g/mol. The highest BCUT2D eigenvalue weighted by Crippen LogP contribution is 2.36. The molecule has 3 heterocycles. The van der Waals surface area contributed by atoms with Crippen molar-refractivity contribution in [3.63, 3.8) is 0 Å². The molecule has 0 radical (unpaired) electrons. The van der Waals surface area contributed by atoms with E-state index >= 15 is 0 Å². The molecule has 2 aromatic carbocycles. The molecule has 5 rings (SSSR count). The van der Waals surface area contributed by atoms with Crippen molar-refractivity contribution in [3.8, 4) is 17.1 Å². The minimum atomic E-state index is -0.523. The zero-order valence-corrected chi connectivity index (χ0v) is 21.8. The number of amides is 2. The van der Waals surface area contributed by atoms with Gasteiger partial charge in [0, 0.05) is 51.1 Å². The fourth-order valence-corrected chi connectivity index (χ4v) is 5.35. The summed E-state index contributed by atoms with van der Waals surface area (Å²) in [5.41, 5.74) is -0.209. The molecule has 2 aliphatic heterocycles. The van der Waals surface area contributed by atoms with Crippen LogP contribution in [0.2, 0.25) is 0 Å². The number of likely N-dealkylation sites (N-methyl/N-ethyl adjacent to an activating group) is 1. The largest absolute Gasteiger partial charge is 0.493 e. The van der Waals surface area contributed by atoms with Crippen LogP contribution in [0.1, 0.15) is 29.8 Å². The van der Waals surface area contributed by atoms with Gasteiger partial charge in [-0.3, -0.25) is 9.59 Å². The van der Waals surface area contributed by atoms with E-state index in [1.807, 2.05) is 35.2 Å². The molecule has 2 fully saturated rings. The SMILES string of the molecule is CN1CCN(C(=O)C[C@]2(COc3ccccc3)CCCN(C(=O)c3ccc(-c4ccccc4F)o3)C2)CC1. The second-order valence-electron chi connectivity index (χ2n) is 10.4. The molecule has 0 unspecified atom stereocenters. The molecule has 8 heteroatoms. The summed E-state index contributed by atoms with van der Waals surface area (Å²) in [6.07, 6.45) is 1.84. The van der Waals surface area contributed by atoms with Crippen molar-refractivity contribution in [1.82, 2.24) is 14.7 Å². The van der Waals surface area contributed by atoms with Gasteiger partial charge in [0.1, 0.15) is 17.3 Å². The summed E-state index contributed by atoms with van der Waals surface area (Å²) in [6, 6.07) is 19.1. The van der Waals surface area contributed by atoms with Crippen LogP contribution in [0.15, 0.2) is 71.1 Å². The Morgan fingerprint density at radius 1 is 0.921 bits per heavy atom. The number of ether oxygens (including phenoxy) is 1. The number of nitrogens with zero attached hydrogens (tertiary/aromatic N) is 3. The maximum Gasteiger partial charge on any atom is 0.289 e. The van der Waals surface area contributed by atoms with E-state index in [1.54, 1.807) is 35.2 Å². The molecule has 7 nitrogen and oxygen atoms in total. The van der Waals surface area contributed by atoms with Crippen molar-refractivity contribution in [2.45, 2.75) is 19.3 Å². The summed E-state index contributed by atoms with van der Waals surface area (Å²) in [6.45, 7) is 4.40. The minimum absolute atomic E-state index is 0.101. The van der Waals surface area contributed by atoms with Crippen molar-refractivity contribution >= 4 is 11.8 Å². The van der Waals surface area contributed by atoms with Gasteiger partial charge >= 0.3 is 0 Å². The number of piperazine rings is 1. The fraction of sp³-hybridized carbons (Fsp3) is 0.400. The van der Waals surface area contributed by atoms with Crippen LogP contribution in [0, 0.1) is 11.2 Å². The van der Waals surface area contributed by atoms with Crippen LogP contribution in [-0.4, -0.2) is 79.4 Å². The number of benzene rings is 2. The standard InChI is InChI=1S/C30H34FN3O4/c1-32-16-18-33(19-17-32)28(35)20-30(22-37-23-8-3-2-4-9-23)14-7-15-34(21-30)29(36)27-13-12-26(38-27)24-10-5-6-11-25(24)31/h2-6,8-13H,7,14-22H2,1H3/t30-/m1/s1. The van der Waals surface area contributed by atoms with E-state index in [-0.39, 0.29) is 17.6 Å². The number of hydrogen-bond acceptors (Lipinski definition) is 5. The van der Waals surface area contributed by atoms with Crippen molar-refractivity contribution < 1.29 is 23.1 Å². The third-order valence-corrected chi connectivity index (χ3v) is 7.58. The summed E-state index contributed by atoms with van der Waals surface area (Å²) in [5.74, 6) is 0.648. The van der Waals surface area contributed by atoms with Crippen LogP contribution < -0.4 is 4.74 Å². The summed E-state index contributed by atoms with van der Waals surface area (Å²) in [7, 11) is 2.06. The molecular weight excluding hydrogens is 485 g/mol. The molecule has 2 amide bonds. The van der Waals surface area contributed by atoms with Gasteiger partial charge in [-0.15, -0.1) is 0 Å². The van der Waals surface area contributed by atoms with Crippen molar-refractivity contribution in [1.29, 1.82) is 0 Å². The Morgan fingerprint density at radius 3 is 2.42 bits per heavy atom. The molecule has 200 valence electrons. The first-order chi connectivity index (χ1) is 18.4. The van der Waals surface area contributed by atoms with Gasteiger partial charge in [0.25, 0.3) is 5.91 Å².